The minimum atomic E-state index is -0.182. The Hall–Kier alpha value is -1.84. The van der Waals surface area contributed by atoms with E-state index in [9.17, 15) is 5.11 Å². The van der Waals surface area contributed by atoms with Gasteiger partial charge in [-0.05, 0) is 67.5 Å². The van der Waals surface area contributed by atoms with Gasteiger partial charge in [0.05, 0.1) is 12.2 Å². The van der Waals surface area contributed by atoms with E-state index in [-0.39, 0.29) is 5.60 Å². The van der Waals surface area contributed by atoms with Gasteiger partial charge in [-0.25, -0.2) is 0 Å². The van der Waals surface area contributed by atoms with Crippen molar-refractivity contribution >= 4 is 0 Å². The molecule has 1 fully saturated rings. The molecule has 0 bridgehead atoms. The van der Waals surface area contributed by atoms with Gasteiger partial charge in [0.15, 0.2) is 0 Å². The van der Waals surface area contributed by atoms with E-state index in [4.69, 9.17) is 4.74 Å². The lowest BCUT2D eigenvalue weighted by molar-refractivity contribution is -0.113. The predicted molar refractivity (Wildman–Crippen MR) is 99.7 cm³/mol. The Morgan fingerprint density at radius 3 is 2.80 bits per heavy atom. The third-order valence-electron chi connectivity index (χ3n) is 5.94. The number of piperidine rings is 1. The highest BCUT2D eigenvalue weighted by molar-refractivity contribution is 5.45. The van der Waals surface area contributed by atoms with Crippen LogP contribution in [-0.2, 0) is 23.3 Å². The highest BCUT2D eigenvalue weighted by atomic mass is 16.5. The van der Waals surface area contributed by atoms with Crippen LogP contribution in [0.1, 0.15) is 42.0 Å². The molecule has 1 N–H and O–H groups in total. The molecule has 3 nitrogen and oxygen atoms in total. The van der Waals surface area contributed by atoms with E-state index in [0.717, 1.165) is 44.5 Å². The molecule has 3 heteroatoms. The van der Waals surface area contributed by atoms with Crippen LogP contribution in [0.3, 0.4) is 0 Å². The number of phenolic OH excluding ortho intramolecular Hbond substituents is 1. The van der Waals surface area contributed by atoms with Crippen molar-refractivity contribution in [3.8, 4) is 5.75 Å². The summed E-state index contributed by atoms with van der Waals surface area (Å²) >= 11 is 0. The zero-order chi connectivity index (χ0) is 17.4. The lowest BCUT2D eigenvalue weighted by atomic mass is 9.76. The van der Waals surface area contributed by atoms with Crippen molar-refractivity contribution < 1.29 is 9.84 Å². The van der Waals surface area contributed by atoms with E-state index in [0.29, 0.717) is 11.8 Å². The normalized spacial score (nSPS) is 26.6. The molecule has 0 saturated carbocycles. The molecule has 0 aliphatic carbocycles. The number of fused-ring (bicyclic) bond motifs is 2. The molecule has 0 amide bonds. The number of hydrogen-bond acceptors (Lipinski definition) is 3. The lowest BCUT2D eigenvalue weighted by Gasteiger charge is -2.48. The summed E-state index contributed by atoms with van der Waals surface area (Å²) in [4.78, 5) is 2.56. The summed E-state index contributed by atoms with van der Waals surface area (Å²) in [6.45, 7) is 7.08. The van der Waals surface area contributed by atoms with Crippen molar-refractivity contribution in [1.29, 1.82) is 0 Å². The Bertz CT molecular complexity index is 758. The standard InChI is InChI=1S/C22H27NO2/c1-16-12-20-19(13-21(16)24)8-11-25-22(20)9-10-23(17(2)14-22)15-18-6-4-3-5-7-18/h3-7,12-13,17,24H,8-11,14-15H2,1-2H3. The first-order valence-electron chi connectivity index (χ1n) is 9.32. The molecule has 132 valence electrons. The fraction of sp³-hybridized carbons (Fsp3) is 0.455. The average Bonchev–Trinajstić information content (AvgIpc) is 2.61. The van der Waals surface area contributed by atoms with Crippen molar-refractivity contribution in [2.45, 2.75) is 51.3 Å². The largest absolute Gasteiger partial charge is 0.508 e. The van der Waals surface area contributed by atoms with Gasteiger partial charge in [0.25, 0.3) is 0 Å². The van der Waals surface area contributed by atoms with Gasteiger partial charge in [-0.3, -0.25) is 4.90 Å². The quantitative estimate of drug-likeness (QED) is 0.893. The molecule has 2 aliphatic heterocycles. The van der Waals surface area contributed by atoms with Crippen molar-refractivity contribution in [3.05, 3.63) is 64.7 Å². The molecule has 1 saturated heterocycles. The minimum Gasteiger partial charge on any atom is -0.508 e. The van der Waals surface area contributed by atoms with Crippen LogP contribution in [0, 0.1) is 6.92 Å². The molecular formula is C22H27NO2. The van der Waals surface area contributed by atoms with Gasteiger partial charge in [0.1, 0.15) is 5.75 Å². The van der Waals surface area contributed by atoms with Crippen molar-refractivity contribution in [2.24, 2.45) is 0 Å². The van der Waals surface area contributed by atoms with Gasteiger partial charge >= 0.3 is 0 Å². The molecule has 4 rings (SSSR count). The average molecular weight is 337 g/mol. The second-order valence-corrected chi connectivity index (χ2v) is 7.65. The van der Waals surface area contributed by atoms with Crippen LogP contribution in [0.15, 0.2) is 42.5 Å². The van der Waals surface area contributed by atoms with Crippen molar-refractivity contribution in [1.82, 2.24) is 4.90 Å². The number of likely N-dealkylation sites (tertiary alicyclic amines) is 1. The molecule has 0 radical (unpaired) electrons. The number of nitrogens with zero attached hydrogens (tertiary/aromatic N) is 1. The van der Waals surface area contributed by atoms with Crippen LogP contribution in [0.5, 0.6) is 5.75 Å². The van der Waals surface area contributed by atoms with E-state index in [1.807, 2.05) is 13.0 Å². The van der Waals surface area contributed by atoms with Crippen molar-refractivity contribution in [2.75, 3.05) is 13.2 Å². The molecular weight excluding hydrogens is 310 g/mol. The number of rotatable bonds is 2. The maximum atomic E-state index is 10.1. The molecule has 2 aromatic carbocycles. The Morgan fingerprint density at radius 2 is 2.04 bits per heavy atom. The van der Waals surface area contributed by atoms with Crippen LogP contribution in [0.25, 0.3) is 0 Å². The van der Waals surface area contributed by atoms with Crippen LogP contribution < -0.4 is 0 Å². The van der Waals surface area contributed by atoms with Crippen LogP contribution in [0.2, 0.25) is 0 Å². The molecule has 2 unspecified atom stereocenters. The number of hydrogen-bond donors (Lipinski definition) is 1. The zero-order valence-corrected chi connectivity index (χ0v) is 15.2. The smallest absolute Gasteiger partial charge is 0.118 e. The summed E-state index contributed by atoms with van der Waals surface area (Å²) in [5.41, 5.74) is 4.70. The van der Waals surface area contributed by atoms with Crippen LogP contribution in [-0.4, -0.2) is 29.2 Å². The maximum absolute atomic E-state index is 10.1. The monoisotopic (exact) mass is 337 g/mol. The zero-order valence-electron chi connectivity index (χ0n) is 15.2. The third kappa shape index (κ3) is 3.07. The van der Waals surface area contributed by atoms with E-state index < -0.39 is 0 Å². The Labute approximate surface area is 150 Å². The maximum Gasteiger partial charge on any atom is 0.118 e. The number of phenols is 1. The molecule has 2 aliphatic rings. The highest BCUT2D eigenvalue weighted by Crippen LogP contribution is 2.45. The first-order valence-corrected chi connectivity index (χ1v) is 9.32. The second kappa shape index (κ2) is 6.47. The van der Waals surface area contributed by atoms with Crippen LogP contribution >= 0.6 is 0 Å². The number of benzene rings is 2. The number of aromatic hydroxyl groups is 1. The first kappa shape index (κ1) is 16.6. The van der Waals surface area contributed by atoms with E-state index in [1.54, 1.807) is 0 Å². The molecule has 1 spiro atoms. The van der Waals surface area contributed by atoms with Gasteiger partial charge in [-0.1, -0.05) is 30.3 Å². The summed E-state index contributed by atoms with van der Waals surface area (Å²) in [6.07, 6.45) is 2.92. The molecule has 25 heavy (non-hydrogen) atoms. The minimum absolute atomic E-state index is 0.182. The summed E-state index contributed by atoms with van der Waals surface area (Å²) in [6, 6.07) is 15.3. The van der Waals surface area contributed by atoms with E-state index in [1.165, 1.54) is 16.7 Å². The van der Waals surface area contributed by atoms with E-state index >= 15 is 0 Å². The molecule has 2 atom stereocenters. The Kier molecular flexibility index (Phi) is 4.30. The molecule has 2 aromatic rings. The van der Waals surface area contributed by atoms with Gasteiger partial charge in [0.2, 0.25) is 0 Å². The predicted octanol–water partition coefficient (Wildman–Crippen LogP) is 4.15. The third-order valence-corrected chi connectivity index (χ3v) is 5.94. The van der Waals surface area contributed by atoms with Gasteiger partial charge in [-0.2, -0.15) is 0 Å². The first-order chi connectivity index (χ1) is 12.1. The lowest BCUT2D eigenvalue weighted by Crippen LogP contribution is -2.50. The molecule has 2 heterocycles. The fourth-order valence-electron chi connectivity index (χ4n) is 4.49. The van der Waals surface area contributed by atoms with E-state index in [2.05, 4.69) is 48.2 Å². The van der Waals surface area contributed by atoms with Crippen LogP contribution in [0.4, 0.5) is 0 Å². The van der Waals surface area contributed by atoms with Crippen molar-refractivity contribution in [3.63, 3.8) is 0 Å². The van der Waals surface area contributed by atoms with Gasteiger partial charge in [0, 0.05) is 19.1 Å². The Morgan fingerprint density at radius 1 is 1.24 bits per heavy atom. The summed E-state index contributed by atoms with van der Waals surface area (Å²) < 4.78 is 6.39. The van der Waals surface area contributed by atoms with Gasteiger partial charge < -0.3 is 9.84 Å². The SMILES string of the molecule is Cc1cc2c(cc1O)CCOC21CCN(Cc2ccccc2)C(C)C1. The highest BCUT2D eigenvalue weighted by Gasteiger charge is 2.43. The summed E-state index contributed by atoms with van der Waals surface area (Å²) in [7, 11) is 0. The fourth-order valence-corrected chi connectivity index (χ4v) is 4.49. The topological polar surface area (TPSA) is 32.7 Å². The number of ether oxygens (including phenoxy) is 1. The summed E-state index contributed by atoms with van der Waals surface area (Å²) in [5.74, 6) is 0.408. The molecule has 0 aromatic heterocycles. The van der Waals surface area contributed by atoms with Gasteiger partial charge in [-0.15, -0.1) is 0 Å². The second-order valence-electron chi connectivity index (χ2n) is 7.65. The Balaban J connectivity index is 1.57. The number of aryl methyl sites for hydroxylation is 1. The summed E-state index contributed by atoms with van der Waals surface area (Å²) in [5, 5.41) is 10.1.